The van der Waals surface area contributed by atoms with Crippen molar-refractivity contribution in [3.8, 4) is 0 Å². The van der Waals surface area contributed by atoms with Crippen molar-refractivity contribution in [2.75, 3.05) is 25.6 Å². The molecule has 0 aliphatic heterocycles. The molecule has 0 unspecified atom stereocenters. The van der Waals surface area contributed by atoms with Crippen LogP contribution in [0.25, 0.3) is 0 Å². The second-order valence-electron chi connectivity index (χ2n) is 3.60. The molecule has 80 valence electrons. The largest absolute Gasteiger partial charge is 0.395 e. The minimum absolute atomic E-state index is 0.258. The first kappa shape index (κ1) is 13.2. The molecule has 1 N–H and O–H groups in total. The highest BCUT2D eigenvalue weighted by Gasteiger charge is 2.07. The lowest BCUT2D eigenvalue weighted by Crippen LogP contribution is -2.34. The van der Waals surface area contributed by atoms with E-state index in [1.165, 1.54) is 12.8 Å². The van der Waals surface area contributed by atoms with Gasteiger partial charge in [-0.1, -0.05) is 6.42 Å². The molecule has 0 rings (SSSR count). The molecular formula is C10H22ClNO. The van der Waals surface area contributed by atoms with Gasteiger partial charge in [0, 0.05) is 18.5 Å². The fourth-order valence-corrected chi connectivity index (χ4v) is 1.53. The van der Waals surface area contributed by atoms with E-state index in [1.54, 1.807) is 0 Å². The molecule has 0 aliphatic rings. The first-order valence-electron chi connectivity index (χ1n) is 5.13. The minimum Gasteiger partial charge on any atom is -0.395 e. The van der Waals surface area contributed by atoms with Crippen molar-refractivity contribution >= 4 is 11.6 Å². The Bertz CT molecular complexity index is 109. The zero-order valence-electron chi connectivity index (χ0n) is 8.80. The predicted molar refractivity (Wildman–Crippen MR) is 58.4 cm³/mol. The molecule has 0 saturated carbocycles. The van der Waals surface area contributed by atoms with Gasteiger partial charge in [-0.2, -0.15) is 0 Å². The molecule has 0 saturated heterocycles. The van der Waals surface area contributed by atoms with Gasteiger partial charge in [-0.05, 0) is 33.2 Å². The molecule has 13 heavy (non-hydrogen) atoms. The molecule has 0 atom stereocenters. The molecule has 0 bridgehead atoms. The number of halogens is 1. The van der Waals surface area contributed by atoms with Gasteiger partial charge in [-0.15, -0.1) is 11.6 Å². The van der Waals surface area contributed by atoms with Crippen molar-refractivity contribution < 1.29 is 5.11 Å². The van der Waals surface area contributed by atoms with Crippen molar-refractivity contribution in [2.24, 2.45) is 0 Å². The fourth-order valence-electron chi connectivity index (χ4n) is 1.34. The van der Waals surface area contributed by atoms with Crippen molar-refractivity contribution in [2.45, 2.75) is 39.2 Å². The van der Waals surface area contributed by atoms with Gasteiger partial charge in [0.1, 0.15) is 0 Å². The number of hydrogen-bond acceptors (Lipinski definition) is 2. The number of aliphatic hydroxyl groups is 1. The molecule has 0 spiro atoms. The van der Waals surface area contributed by atoms with E-state index in [9.17, 15) is 0 Å². The average molecular weight is 208 g/mol. The lowest BCUT2D eigenvalue weighted by molar-refractivity contribution is 0.163. The van der Waals surface area contributed by atoms with E-state index in [0.717, 1.165) is 25.4 Å². The van der Waals surface area contributed by atoms with E-state index >= 15 is 0 Å². The molecule has 2 nitrogen and oxygen atoms in total. The summed E-state index contributed by atoms with van der Waals surface area (Å²) in [5.74, 6) is 0.766. The number of rotatable bonds is 8. The summed E-state index contributed by atoms with van der Waals surface area (Å²) >= 11 is 5.59. The summed E-state index contributed by atoms with van der Waals surface area (Å²) in [5.41, 5.74) is 0. The quantitative estimate of drug-likeness (QED) is 0.487. The van der Waals surface area contributed by atoms with Crippen molar-refractivity contribution in [1.29, 1.82) is 0 Å². The van der Waals surface area contributed by atoms with Crippen LogP contribution < -0.4 is 0 Å². The van der Waals surface area contributed by atoms with Crippen LogP contribution in [0.15, 0.2) is 0 Å². The molecule has 0 heterocycles. The zero-order chi connectivity index (χ0) is 10.1. The van der Waals surface area contributed by atoms with Crippen LogP contribution in [-0.2, 0) is 0 Å². The number of unbranched alkanes of at least 4 members (excludes halogenated alkanes) is 2. The molecule has 0 fully saturated rings. The van der Waals surface area contributed by atoms with Gasteiger partial charge < -0.3 is 5.11 Å². The number of nitrogens with zero attached hydrogens (tertiary/aromatic N) is 1. The Morgan fingerprint density at radius 1 is 1.15 bits per heavy atom. The maximum Gasteiger partial charge on any atom is 0.0558 e. The molecule has 0 amide bonds. The summed E-state index contributed by atoms with van der Waals surface area (Å²) in [5, 5.41) is 8.83. The number of alkyl halides is 1. The summed E-state index contributed by atoms with van der Waals surface area (Å²) < 4.78 is 0. The summed E-state index contributed by atoms with van der Waals surface area (Å²) in [7, 11) is 0. The van der Waals surface area contributed by atoms with Crippen molar-refractivity contribution in [3.05, 3.63) is 0 Å². The molecule has 3 heteroatoms. The van der Waals surface area contributed by atoms with Crippen LogP contribution in [0.4, 0.5) is 0 Å². The summed E-state index contributed by atoms with van der Waals surface area (Å²) in [6.07, 6.45) is 3.48. The number of hydrogen-bond donors (Lipinski definition) is 1. The molecular weight excluding hydrogens is 186 g/mol. The number of aliphatic hydroxyl groups excluding tert-OH is 1. The minimum atomic E-state index is 0.258. The monoisotopic (exact) mass is 207 g/mol. The maximum absolute atomic E-state index is 8.83. The van der Waals surface area contributed by atoms with Gasteiger partial charge in [-0.25, -0.2) is 0 Å². The molecule has 0 aromatic rings. The topological polar surface area (TPSA) is 23.5 Å². The van der Waals surface area contributed by atoms with Crippen LogP contribution in [0.2, 0.25) is 0 Å². The van der Waals surface area contributed by atoms with Crippen LogP contribution in [-0.4, -0.2) is 41.6 Å². The molecule has 0 aliphatic carbocycles. The maximum atomic E-state index is 8.83. The van der Waals surface area contributed by atoms with E-state index in [0.29, 0.717) is 6.04 Å². The Balaban J connectivity index is 3.45. The van der Waals surface area contributed by atoms with E-state index in [4.69, 9.17) is 16.7 Å². The van der Waals surface area contributed by atoms with Crippen LogP contribution in [0.5, 0.6) is 0 Å². The Labute approximate surface area is 86.9 Å². The first-order chi connectivity index (χ1) is 6.22. The van der Waals surface area contributed by atoms with Crippen LogP contribution in [0, 0.1) is 0 Å². The van der Waals surface area contributed by atoms with E-state index in [1.807, 2.05) is 0 Å². The van der Waals surface area contributed by atoms with Crippen LogP contribution >= 0.6 is 11.6 Å². The highest BCUT2D eigenvalue weighted by Crippen LogP contribution is 2.03. The Morgan fingerprint density at radius 2 is 1.85 bits per heavy atom. The van der Waals surface area contributed by atoms with E-state index in [-0.39, 0.29) is 6.61 Å². The Morgan fingerprint density at radius 3 is 2.31 bits per heavy atom. The SMILES string of the molecule is CC(C)N(CCO)CCCCCCl. The molecule has 0 aromatic carbocycles. The smallest absolute Gasteiger partial charge is 0.0558 e. The third kappa shape index (κ3) is 7.29. The zero-order valence-corrected chi connectivity index (χ0v) is 9.56. The lowest BCUT2D eigenvalue weighted by atomic mass is 10.2. The lowest BCUT2D eigenvalue weighted by Gasteiger charge is -2.25. The summed E-state index contributed by atoms with van der Waals surface area (Å²) in [6.45, 7) is 6.45. The van der Waals surface area contributed by atoms with E-state index < -0.39 is 0 Å². The third-order valence-electron chi connectivity index (χ3n) is 2.20. The van der Waals surface area contributed by atoms with Crippen molar-refractivity contribution in [3.63, 3.8) is 0 Å². The third-order valence-corrected chi connectivity index (χ3v) is 2.46. The molecule has 0 aromatic heterocycles. The predicted octanol–water partition coefficient (Wildman–Crippen LogP) is 2.10. The Kier molecular flexibility index (Phi) is 8.93. The first-order valence-corrected chi connectivity index (χ1v) is 5.66. The summed E-state index contributed by atoms with van der Waals surface area (Å²) in [6, 6.07) is 0.531. The summed E-state index contributed by atoms with van der Waals surface area (Å²) in [4.78, 5) is 2.30. The standard InChI is InChI=1S/C10H22ClNO/c1-10(2)12(8-9-13)7-5-3-4-6-11/h10,13H,3-9H2,1-2H3. The average Bonchev–Trinajstić information content (AvgIpc) is 2.10. The highest BCUT2D eigenvalue weighted by atomic mass is 35.5. The second kappa shape index (κ2) is 8.79. The van der Waals surface area contributed by atoms with Gasteiger partial charge in [0.25, 0.3) is 0 Å². The second-order valence-corrected chi connectivity index (χ2v) is 3.98. The van der Waals surface area contributed by atoms with Crippen LogP contribution in [0.1, 0.15) is 33.1 Å². The van der Waals surface area contributed by atoms with Crippen LogP contribution in [0.3, 0.4) is 0 Å². The van der Waals surface area contributed by atoms with Gasteiger partial charge >= 0.3 is 0 Å². The Hall–Kier alpha value is 0.210. The highest BCUT2D eigenvalue weighted by molar-refractivity contribution is 6.17. The van der Waals surface area contributed by atoms with Gasteiger partial charge in [0.15, 0.2) is 0 Å². The molecule has 0 radical (unpaired) electrons. The normalized spacial score (nSPS) is 11.5. The van der Waals surface area contributed by atoms with Gasteiger partial charge in [0.2, 0.25) is 0 Å². The fraction of sp³-hybridized carbons (Fsp3) is 1.00. The van der Waals surface area contributed by atoms with Gasteiger partial charge in [0.05, 0.1) is 6.61 Å². The van der Waals surface area contributed by atoms with Crippen molar-refractivity contribution in [1.82, 2.24) is 4.90 Å². The van der Waals surface area contributed by atoms with Gasteiger partial charge in [-0.3, -0.25) is 4.90 Å². The van der Waals surface area contributed by atoms with E-state index in [2.05, 4.69) is 18.7 Å².